The third kappa shape index (κ3) is 4.82. The van der Waals surface area contributed by atoms with Crippen molar-refractivity contribution in [3.63, 3.8) is 0 Å². The molecule has 3 aromatic carbocycles. The van der Waals surface area contributed by atoms with Gasteiger partial charge in [-0.3, -0.25) is 0 Å². The zero-order valence-electron chi connectivity index (χ0n) is 19.4. The van der Waals surface area contributed by atoms with Crippen LogP contribution in [0.4, 0.5) is 5.69 Å². The van der Waals surface area contributed by atoms with Crippen LogP contribution in [0.25, 0.3) is 22.2 Å². The van der Waals surface area contributed by atoms with E-state index >= 15 is 0 Å². The highest BCUT2D eigenvalue weighted by atomic mass is 32.1. The van der Waals surface area contributed by atoms with Crippen molar-refractivity contribution < 1.29 is 18.9 Å². The molecule has 2 N–H and O–H groups in total. The maximum Gasteiger partial charge on any atom is 0.203 e. The Labute approximate surface area is 202 Å². The molecule has 1 heterocycles. The summed E-state index contributed by atoms with van der Waals surface area (Å²) in [5.74, 6) is 2.98. The van der Waals surface area contributed by atoms with Crippen LogP contribution >= 0.6 is 11.5 Å². The summed E-state index contributed by atoms with van der Waals surface area (Å²) >= 11 is 1.33. The molecule has 0 fully saturated rings. The number of nitrogens with zero attached hydrogens (tertiary/aromatic N) is 2. The van der Waals surface area contributed by atoms with E-state index in [0.717, 1.165) is 33.0 Å². The summed E-state index contributed by atoms with van der Waals surface area (Å²) in [6.45, 7) is 0. The molecule has 174 valence electrons. The van der Waals surface area contributed by atoms with E-state index in [1.54, 1.807) is 28.4 Å². The summed E-state index contributed by atoms with van der Waals surface area (Å²) in [4.78, 5) is 4.83. The molecule has 0 amide bonds. The van der Waals surface area contributed by atoms with Gasteiger partial charge in [0.15, 0.2) is 17.3 Å². The Bertz CT molecular complexity index is 1270. The lowest BCUT2D eigenvalue weighted by Gasteiger charge is -2.15. The van der Waals surface area contributed by atoms with Gasteiger partial charge >= 0.3 is 0 Å². The van der Waals surface area contributed by atoms with Crippen LogP contribution in [0, 0.1) is 0 Å². The number of hydrogen-bond donors (Lipinski definition) is 1. The van der Waals surface area contributed by atoms with Gasteiger partial charge in [0.2, 0.25) is 5.75 Å². The summed E-state index contributed by atoms with van der Waals surface area (Å²) in [5.41, 5.74) is 10.1. The van der Waals surface area contributed by atoms with Gasteiger partial charge in [0.25, 0.3) is 0 Å². The van der Waals surface area contributed by atoms with E-state index in [1.807, 2.05) is 66.7 Å². The summed E-state index contributed by atoms with van der Waals surface area (Å²) in [6, 6.07) is 19.1. The van der Waals surface area contributed by atoms with E-state index in [2.05, 4.69) is 4.37 Å². The van der Waals surface area contributed by atoms with E-state index in [1.165, 1.54) is 11.5 Å². The summed E-state index contributed by atoms with van der Waals surface area (Å²) in [7, 11) is 6.40. The fraction of sp³-hybridized carbons (Fsp3) is 0.154. The standard InChI is InChI=1S/C26H25N3O4S/c1-30-20-11-5-16(6-12-20)13-21(18-14-22(31-2)24(33-4)23(15-18)32-3)25-28-26(34-29-25)17-7-9-19(27)10-8-17/h5-15H,27H2,1-4H3/b21-13+. The first-order chi connectivity index (χ1) is 16.6. The van der Waals surface area contributed by atoms with Crippen LogP contribution in [0.15, 0.2) is 60.7 Å². The largest absolute Gasteiger partial charge is 0.497 e. The third-order valence-corrected chi connectivity index (χ3v) is 5.99. The molecule has 0 saturated carbocycles. The minimum absolute atomic E-state index is 0.520. The molecule has 1 aromatic heterocycles. The topological polar surface area (TPSA) is 88.7 Å². The predicted molar refractivity (Wildman–Crippen MR) is 136 cm³/mol. The fourth-order valence-corrected chi connectivity index (χ4v) is 4.14. The van der Waals surface area contributed by atoms with Crippen LogP contribution in [0.1, 0.15) is 17.0 Å². The number of rotatable bonds is 8. The van der Waals surface area contributed by atoms with Crippen LogP contribution in [0.5, 0.6) is 23.0 Å². The van der Waals surface area contributed by atoms with Crippen molar-refractivity contribution >= 4 is 28.9 Å². The van der Waals surface area contributed by atoms with Crippen molar-refractivity contribution in [2.75, 3.05) is 34.2 Å². The molecule has 7 nitrogen and oxygen atoms in total. The highest BCUT2D eigenvalue weighted by Crippen LogP contribution is 2.41. The van der Waals surface area contributed by atoms with Crippen molar-refractivity contribution in [3.8, 4) is 33.6 Å². The Morgan fingerprint density at radius 1 is 0.824 bits per heavy atom. The Balaban J connectivity index is 1.86. The number of nitrogen functional groups attached to an aromatic ring is 1. The molecule has 34 heavy (non-hydrogen) atoms. The number of ether oxygens (including phenoxy) is 4. The molecule has 0 unspecified atom stereocenters. The molecule has 4 rings (SSSR count). The highest BCUT2D eigenvalue weighted by molar-refractivity contribution is 7.09. The number of hydrogen-bond acceptors (Lipinski definition) is 8. The molecule has 0 radical (unpaired) electrons. The minimum atomic E-state index is 0.520. The lowest BCUT2D eigenvalue weighted by atomic mass is 10.0. The van der Waals surface area contributed by atoms with E-state index in [4.69, 9.17) is 29.7 Å². The molecule has 0 atom stereocenters. The zero-order valence-corrected chi connectivity index (χ0v) is 20.2. The van der Waals surface area contributed by atoms with E-state index in [0.29, 0.717) is 28.8 Å². The summed E-state index contributed by atoms with van der Waals surface area (Å²) in [5, 5.41) is 0.795. The van der Waals surface area contributed by atoms with Gasteiger partial charge in [-0.1, -0.05) is 12.1 Å². The smallest absolute Gasteiger partial charge is 0.203 e. The molecular formula is C26H25N3O4S. The maximum atomic E-state index is 5.83. The van der Waals surface area contributed by atoms with Crippen LogP contribution in [-0.4, -0.2) is 37.8 Å². The van der Waals surface area contributed by atoms with Gasteiger partial charge in [-0.05, 0) is 77.3 Å². The van der Waals surface area contributed by atoms with E-state index in [9.17, 15) is 0 Å². The SMILES string of the molecule is COc1ccc(/C=C(\c2cc(OC)c(OC)c(OC)c2)c2nsc(-c3ccc(N)cc3)n2)cc1. The maximum absolute atomic E-state index is 5.83. The fourth-order valence-electron chi connectivity index (χ4n) is 3.46. The lowest BCUT2D eigenvalue weighted by Crippen LogP contribution is -1.98. The van der Waals surface area contributed by atoms with Gasteiger partial charge in [-0.2, -0.15) is 4.37 Å². The first kappa shape index (κ1) is 23.1. The summed E-state index contributed by atoms with van der Waals surface area (Å²) in [6.07, 6.45) is 2.02. The van der Waals surface area contributed by atoms with Gasteiger partial charge in [0.05, 0.1) is 28.4 Å². The number of nitrogens with two attached hydrogens (primary N) is 1. The van der Waals surface area contributed by atoms with Crippen molar-refractivity contribution in [1.82, 2.24) is 9.36 Å². The number of benzene rings is 3. The van der Waals surface area contributed by atoms with E-state index in [-0.39, 0.29) is 0 Å². The monoisotopic (exact) mass is 475 g/mol. The molecule has 0 spiro atoms. The van der Waals surface area contributed by atoms with Crippen molar-refractivity contribution in [2.45, 2.75) is 0 Å². The minimum Gasteiger partial charge on any atom is -0.497 e. The Morgan fingerprint density at radius 2 is 1.47 bits per heavy atom. The Hall–Kier alpha value is -4.04. The van der Waals surface area contributed by atoms with Crippen molar-refractivity contribution in [3.05, 3.63) is 77.6 Å². The van der Waals surface area contributed by atoms with E-state index < -0.39 is 0 Å². The number of aromatic nitrogens is 2. The highest BCUT2D eigenvalue weighted by Gasteiger charge is 2.19. The van der Waals surface area contributed by atoms with Crippen LogP contribution < -0.4 is 24.7 Å². The quantitative estimate of drug-likeness (QED) is 0.269. The molecule has 0 aliphatic heterocycles. The second-order valence-corrected chi connectivity index (χ2v) is 8.04. The van der Waals surface area contributed by atoms with Crippen molar-refractivity contribution in [2.24, 2.45) is 0 Å². The zero-order chi connectivity index (χ0) is 24.1. The Morgan fingerprint density at radius 3 is 2.03 bits per heavy atom. The van der Waals surface area contributed by atoms with Gasteiger partial charge < -0.3 is 24.7 Å². The van der Waals surface area contributed by atoms with Crippen LogP contribution in [-0.2, 0) is 0 Å². The van der Waals surface area contributed by atoms with Crippen molar-refractivity contribution in [1.29, 1.82) is 0 Å². The molecule has 4 aromatic rings. The van der Waals surface area contributed by atoms with Crippen LogP contribution in [0.3, 0.4) is 0 Å². The average Bonchev–Trinajstić information content (AvgIpc) is 3.37. The molecule has 0 bridgehead atoms. The molecule has 8 heteroatoms. The molecule has 0 aliphatic rings. The molecule has 0 aliphatic carbocycles. The number of methoxy groups -OCH3 is 4. The normalized spacial score (nSPS) is 11.2. The second-order valence-electron chi connectivity index (χ2n) is 7.29. The van der Waals surface area contributed by atoms with Gasteiger partial charge in [-0.25, -0.2) is 4.98 Å². The third-order valence-electron chi connectivity index (χ3n) is 5.23. The van der Waals surface area contributed by atoms with Gasteiger partial charge in [0.1, 0.15) is 10.8 Å². The van der Waals surface area contributed by atoms with Gasteiger partial charge in [-0.15, -0.1) is 0 Å². The first-order valence-electron chi connectivity index (χ1n) is 10.4. The average molecular weight is 476 g/mol. The second kappa shape index (κ2) is 10.3. The number of anilines is 1. The summed E-state index contributed by atoms with van der Waals surface area (Å²) < 4.78 is 26.6. The first-order valence-corrected chi connectivity index (χ1v) is 11.2. The molecule has 0 saturated heterocycles. The van der Waals surface area contributed by atoms with Gasteiger partial charge in [0, 0.05) is 16.8 Å². The molecular weight excluding hydrogens is 450 g/mol. The Kier molecular flexibility index (Phi) is 6.98. The lowest BCUT2D eigenvalue weighted by molar-refractivity contribution is 0.324. The predicted octanol–water partition coefficient (Wildman–Crippen LogP) is 5.41. The van der Waals surface area contributed by atoms with Crippen LogP contribution in [0.2, 0.25) is 0 Å².